The second kappa shape index (κ2) is 4.43. The smallest absolute Gasteiger partial charge is 0.0518 e. The molecule has 0 saturated carbocycles. The van der Waals surface area contributed by atoms with Crippen molar-refractivity contribution in [3.8, 4) is 0 Å². The number of hydrogen-bond donors (Lipinski definition) is 1. The second-order valence-corrected chi connectivity index (χ2v) is 4.79. The summed E-state index contributed by atoms with van der Waals surface area (Å²) in [5, 5.41) is 3.37. The normalized spacial score (nSPS) is 20.8. The van der Waals surface area contributed by atoms with Gasteiger partial charge < -0.3 is 10.1 Å². The molecule has 1 heterocycles. The summed E-state index contributed by atoms with van der Waals surface area (Å²) >= 11 is 0. The monoisotopic (exact) mass is 185 g/mol. The van der Waals surface area contributed by atoms with E-state index in [1.807, 2.05) is 0 Å². The van der Waals surface area contributed by atoms with Gasteiger partial charge in [-0.1, -0.05) is 13.8 Å². The fourth-order valence-electron chi connectivity index (χ4n) is 1.82. The molecule has 13 heavy (non-hydrogen) atoms. The largest absolute Gasteiger partial charge is 0.379 e. The molecule has 0 radical (unpaired) electrons. The van der Waals surface area contributed by atoms with E-state index >= 15 is 0 Å². The van der Waals surface area contributed by atoms with Gasteiger partial charge in [-0.15, -0.1) is 0 Å². The first-order valence-electron chi connectivity index (χ1n) is 5.39. The minimum Gasteiger partial charge on any atom is -0.379 e. The molecular formula is C11H23NO. The fourth-order valence-corrected chi connectivity index (χ4v) is 1.82. The highest BCUT2D eigenvalue weighted by molar-refractivity contribution is 4.94. The molecule has 0 spiro atoms. The Morgan fingerprint density at radius 1 is 1.23 bits per heavy atom. The third-order valence-corrected chi connectivity index (χ3v) is 3.23. The molecule has 2 heteroatoms. The van der Waals surface area contributed by atoms with Gasteiger partial charge in [0.25, 0.3) is 0 Å². The van der Waals surface area contributed by atoms with E-state index in [-0.39, 0.29) is 0 Å². The highest BCUT2D eigenvalue weighted by atomic mass is 16.5. The summed E-state index contributed by atoms with van der Waals surface area (Å²) in [6.07, 6.45) is 1.58. The van der Waals surface area contributed by atoms with E-state index in [2.05, 4.69) is 33.0 Å². The highest BCUT2D eigenvalue weighted by Gasteiger charge is 2.39. The maximum atomic E-state index is 5.60. The summed E-state index contributed by atoms with van der Waals surface area (Å²) < 4.78 is 5.60. The lowest BCUT2D eigenvalue weighted by Gasteiger charge is -2.46. The lowest BCUT2D eigenvalue weighted by Crippen LogP contribution is -2.56. The van der Waals surface area contributed by atoms with Crippen molar-refractivity contribution >= 4 is 0 Å². The summed E-state index contributed by atoms with van der Waals surface area (Å²) in [6, 6.07) is 0. The predicted octanol–water partition coefficient (Wildman–Crippen LogP) is 2.05. The van der Waals surface area contributed by atoms with Gasteiger partial charge >= 0.3 is 0 Å². The van der Waals surface area contributed by atoms with E-state index in [4.69, 9.17) is 4.74 Å². The molecule has 0 atom stereocenters. The summed E-state index contributed by atoms with van der Waals surface area (Å²) in [6.45, 7) is 12.1. The Labute approximate surface area is 82.0 Å². The zero-order chi connectivity index (χ0) is 9.90. The average Bonchev–Trinajstić information content (AvgIpc) is 1.93. The highest BCUT2D eigenvalue weighted by Crippen LogP contribution is 2.35. The standard InChI is InChI=1S/C11H23NO/c1-9(2)11(7-12-8-11)5-6-13-10(3)4/h9-10,12H,5-8H2,1-4H3. The number of ether oxygens (including phenoxy) is 1. The molecule has 0 aromatic heterocycles. The summed E-state index contributed by atoms with van der Waals surface area (Å²) in [7, 11) is 0. The molecule has 2 nitrogen and oxygen atoms in total. The Kier molecular flexibility index (Phi) is 3.74. The molecule has 0 unspecified atom stereocenters. The van der Waals surface area contributed by atoms with Gasteiger partial charge in [-0.2, -0.15) is 0 Å². The molecule has 0 amide bonds. The SMILES string of the molecule is CC(C)OCCC1(C(C)C)CNC1. The van der Waals surface area contributed by atoms with E-state index in [9.17, 15) is 0 Å². The minimum absolute atomic E-state index is 0.372. The first kappa shape index (κ1) is 11.0. The molecule has 0 bridgehead atoms. The number of rotatable bonds is 5. The molecule has 1 saturated heterocycles. The van der Waals surface area contributed by atoms with Crippen LogP contribution in [-0.4, -0.2) is 25.8 Å². The van der Waals surface area contributed by atoms with Crippen molar-refractivity contribution in [3.63, 3.8) is 0 Å². The van der Waals surface area contributed by atoms with Gasteiger partial charge in [0, 0.05) is 19.7 Å². The lowest BCUT2D eigenvalue weighted by molar-refractivity contribution is 0.0121. The molecule has 1 N–H and O–H groups in total. The van der Waals surface area contributed by atoms with Crippen LogP contribution in [0.25, 0.3) is 0 Å². The van der Waals surface area contributed by atoms with Crippen LogP contribution in [0.4, 0.5) is 0 Å². The Morgan fingerprint density at radius 2 is 1.85 bits per heavy atom. The van der Waals surface area contributed by atoms with Crippen LogP contribution in [0.5, 0.6) is 0 Å². The van der Waals surface area contributed by atoms with Gasteiger partial charge in [0.2, 0.25) is 0 Å². The van der Waals surface area contributed by atoms with Crippen LogP contribution in [0.2, 0.25) is 0 Å². The van der Waals surface area contributed by atoms with Crippen molar-refractivity contribution in [3.05, 3.63) is 0 Å². The Hall–Kier alpha value is -0.0800. The zero-order valence-corrected chi connectivity index (χ0v) is 9.39. The van der Waals surface area contributed by atoms with Crippen molar-refractivity contribution in [2.75, 3.05) is 19.7 Å². The predicted molar refractivity (Wildman–Crippen MR) is 55.8 cm³/mol. The van der Waals surface area contributed by atoms with Gasteiger partial charge in [-0.25, -0.2) is 0 Å². The van der Waals surface area contributed by atoms with Crippen LogP contribution in [-0.2, 0) is 4.74 Å². The van der Waals surface area contributed by atoms with Crippen LogP contribution in [0.15, 0.2) is 0 Å². The summed E-state index contributed by atoms with van der Waals surface area (Å²) in [4.78, 5) is 0. The van der Waals surface area contributed by atoms with Crippen molar-refractivity contribution in [1.82, 2.24) is 5.32 Å². The third-order valence-electron chi connectivity index (χ3n) is 3.23. The quantitative estimate of drug-likeness (QED) is 0.708. The van der Waals surface area contributed by atoms with Gasteiger partial charge in [0.05, 0.1) is 6.10 Å². The number of nitrogens with one attached hydrogen (secondary N) is 1. The molecule has 0 aromatic carbocycles. The molecule has 0 aliphatic carbocycles. The number of hydrogen-bond acceptors (Lipinski definition) is 2. The third kappa shape index (κ3) is 2.68. The van der Waals surface area contributed by atoms with Crippen molar-refractivity contribution < 1.29 is 4.74 Å². The van der Waals surface area contributed by atoms with E-state index in [0.717, 1.165) is 12.5 Å². The zero-order valence-electron chi connectivity index (χ0n) is 9.39. The second-order valence-electron chi connectivity index (χ2n) is 4.79. The topological polar surface area (TPSA) is 21.3 Å². The Morgan fingerprint density at radius 3 is 2.15 bits per heavy atom. The van der Waals surface area contributed by atoms with Gasteiger partial charge in [0.1, 0.15) is 0 Å². The molecule has 1 aliphatic heterocycles. The first-order valence-corrected chi connectivity index (χ1v) is 5.39. The first-order chi connectivity index (χ1) is 6.07. The van der Waals surface area contributed by atoms with Gasteiger partial charge in [-0.05, 0) is 31.6 Å². The molecule has 1 aliphatic rings. The van der Waals surface area contributed by atoms with E-state index in [1.165, 1.54) is 19.5 Å². The van der Waals surface area contributed by atoms with Gasteiger partial charge in [0.15, 0.2) is 0 Å². The maximum Gasteiger partial charge on any atom is 0.0518 e. The van der Waals surface area contributed by atoms with Crippen LogP contribution < -0.4 is 5.32 Å². The van der Waals surface area contributed by atoms with Crippen LogP contribution >= 0.6 is 0 Å². The Balaban J connectivity index is 2.24. The molecule has 1 fully saturated rings. The molecule has 0 aromatic rings. The average molecular weight is 185 g/mol. The van der Waals surface area contributed by atoms with Crippen molar-refractivity contribution in [2.24, 2.45) is 11.3 Å². The fraction of sp³-hybridized carbons (Fsp3) is 1.00. The van der Waals surface area contributed by atoms with Crippen LogP contribution in [0.3, 0.4) is 0 Å². The molecule has 78 valence electrons. The molecule has 1 rings (SSSR count). The Bertz CT molecular complexity index is 150. The van der Waals surface area contributed by atoms with E-state index in [1.54, 1.807) is 0 Å². The van der Waals surface area contributed by atoms with Crippen LogP contribution in [0.1, 0.15) is 34.1 Å². The molecular weight excluding hydrogens is 162 g/mol. The van der Waals surface area contributed by atoms with Crippen molar-refractivity contribution in [1.29, 1.82) is 0 Å². The maximum absolute atomic E-state index is 5.60. The van der Waals surface area contributed by atoms with Gasteiger partial charge in [-0.3, -0.25) is 0 Å². The van der Waals surface area contributed by atoms with E-state index in [0.29, 0.717) is 11.5 Å². The summed E-state index contributed by atoms with van der Waals surface area (Å²) in [5.74, 6) is 0.768. The summed E-state index contributed by atoms with van der Waals surface area (Å²) in [5.41, 5.74) is 0.523. The van der Waals surface area contributed by atoms with Crippen LogP contribution in [0, 0.1) is 11.3 Å². The lowest BCUT2D eigenvalue weighted by atomic mass is 9.70. The van der Waals surface area contributed by atoms with E-state index < -0.39 is 0 Å². The van der Waals surface area contributed by atoms with Crippen molar-refractivity contribution in [2.45, 2.75) is 40.2 Å². The minimum atomic E-state index is 0.372.